The molecule has 2 fully saturated rings. The summed E-state index contributed by atoms with van der Waals surface area (Å²) in [4.78, 5) is 16.7. The van der Waals surface area contributed by atoms with E-state index in [9.17, 15) is 24.9 Å². The van der Waals surface area contributed by atoms with Crippen LogP contribution in [0.3, 0.4) is 0 Å². The maximum Gasteiger partial charge on any atom is 0.472 e. The smallest absolute Gasteiger partial charge is 0.385 e. The standard InChI is InChI=1S/C41H63N6O8P/c1-3-4-5-6-7-8-9-10-11-12-13-14-15-16-17-21-26-52-28-33(46(2)27-32-22-19-18-20-23-32)29-53-56(50,51)55-37-36-41(37,49)39(48)40(30-42,54-36)35-25-24-34-38(43)44-31-45-47(34)35/h18-20,22-25,31,33,36-37,39,48-49H,3-17,21,26-29H2,1-2H3,(H,50,51)(H2,43,44,45)/t33-,36-,37?,39+,40+,41+/m1/s1. The zero-order chi connectivity index (χ0) is 40.0. The van der Waals surface area contributed by atoms with Gasteiger partial charge in [-0.15, -0.1) is 0 Å². The van der Waals surface area contributed by atoms with Crippen molar-refractivity contribution < 1.29 is 38.2 Å². The zero-order valence-electron chi connectivity index (χ0n) is 33.2. The molecule has 0 amide bonds. The second-order valence-electron chi connectivity index (χ2n) is 15.6. The molecule has 1 saturated carbocycles. The number of nitrogens with two attached hydrogens (primary N) is 1. The Morgan fingerprint density at radius 2 is 1.57 bits per heavy atom. The zero-order valence-corrected chi connectivity index (χ0v) is 34.1. The van der Waals surface area contributed by atoms with Crippen molar-refractivity contribution in [1.29, 1.82) is 5.26 Å². The molecule has 0 spiro atoms. The first kappa shape index (κ1) is 44.1. The van der Waals surface area contributed by atoms with E-state index in [1.54, 1.807) is 6.07 Å². The Bertz CT molecular complexity index is 1730. The van der Waals surface area contributed by atoms with E-state index in [0.717, 1.165) is 18.4 Å². The van der Waals surface area contributed by atoms with Crippen LogP contribution in [0.1, 0.15) is 121 Å². The number of nitriles is 1. The van der Waals surface area contributed by atoms with Crippen molar-refractivity contribution in [3.8, 4) is 6.07 Å². The number of ether oxygens (including phenoxy) is 2. The highest BCUT2D eigenvalue weighted by atomic mass is 31.2. The number of unbranched alkanes of at least 4 members (excludes halogenated alkanes) is 15. The number of fused-ring (bicyclic) bond motifs is 2. The first-order valence-electron chi connectivity index (χ1n) is 20.6. The average molecular weight is 799 g/mol. The highest BCUT2D eigenvalue weighted by Crippen LogP contribution is 2.63. The number of aromatic nitrogens is 3. The lowest BCUT2D eigenvalue weighted by Gasteiger charge is -2.30. The fraction of sp³-hybridized carbons (Fsp3) is 0.683. The summed E-state index contributed by atoms with van der Waals surface area (Å²) in [5.74, 6) is 0.147. The third kappa shape index (κ3) is 11.2. The molecular weight excluding hydrogens is 735 g/mol. The summed E-state index contributed by atoms with van der Waals surface area (Å²) in [6, 6.07) is 14.5. The maximum atomic E-state index is 13.2. The van der Waals surface area contributed by atoms with Crippen LogP contribution in [0.2, 0.25) is 0 Å². The van der Waals surface area contributed by atoms with Crippen molar-refractivity contribution in [2.45, 2.75) is 152 Å². The van der Waals surface area contributed by atoms with Gasteiger partial charge in [-0.25, -0.2) is 14.1 Å². The minimum absolute atomic E-state index is 0.114. The van der Waals surface area contributed by atoms with Gasteiger partial charge >= 0.3 is 7.82 Å². The molecule has 5 N–H and O–H groups in total. The van der Waals surface area contributed by atoms with Gasteiger partial charge in [0, 0.05) is 13.2 Å². The van der Waals surface area contributed by atoms with Crippen LogP contribution in [0, 0.1) is 11.3 Å². The molecule has 1 aliphatic carbocycles. The molecule has 1 saturated heterocycles. The molecule has 2 aliphatic rings. The third-order valence-corrected chi connectivity index (χ3v) is 12.2. The van der Waals surface area contributed by atoms with Crippen LogP contribution in [-0.2, 0) is 35.2 Å². The van der Waals surface area contributed by atoms with Crippen molar-refractivity contribution in [1.82, 2.24) is 19.5 Å². The van der Waals surface area contributed by atoms with E-state index in [-0.39, 0.29) is 24.7 Å². The Labute approximate surface area is 331 Å². The number of rotatable bonds is 28. The second-order valence-corrected chi connectivity index (χ2v) is 17.0. The van der Waals surface area contributed by atoms with Gasteiger partial charge in [-0.05, 0) is 31.2 Å². The minimum Gasteiger partial charge on any atom is -0.385 e. The average Bonchev–Trinajstić information content (AvgIpc) is 3.43. The number of anilines is 1. The minimum atomic E-state index is -4.78. The first-order valence-corrected chi connectivity index (χ1v) is 22.1. The van der Waals surface area contributed by atoms with Crippen LogP contribution in [0.15, 0.2) is 48.8 Å². The van der Waals surface area contributed by atoms with Gasteiger partial charge in [-0.3, -0.25) is 13.9 Å². The fourth-order valence-electron chi connectivity index (χ4n) is 7.74. The van der Waals surface area contributed by atoms with Crippen LogP contribution < -0.4 is 5.73 Å². The van der Waals surface area contributed by atoms with Gasteiger partial charge in [-0.2, -0.15) is 10.4 Å². The predicted molar refractivity (Wildman–Crippen MR) is 213 cm³/mol. The highest BCUT2D eigenvalue weighted by Gasteiger charge is 2.83. The first-order chi connectivity index (χ1) is 27.1. The molecule has 3 heterocycles. The number of benzene rings is 1. The molecule has 3 aromatic rings. The molecule has 56 heavy (non-hydrogen) atoms. The normalized spacial score (nSPS) is 24.6. The van der Waals surface area contributed by atoms with Crippen molar-refractivity contribution in [3.63, 3.8) is 0 Å². The summed E-state index contributed by atoms with van der Waals surface area (Å²) in [6.07, 6.45) is 17.4. The Morgan fingerprint density at radius 3 is 2.14 bits per heavy atom. The number of phosphoric acid groups is 1. The lowest BCUT2D eigenvalue weighted by molar-refractivity contribution is -0.106. The number of hydrogen-bond donors (Lipinski definition) is 4. The summed E-state index contributed by atoms with van der Waals surface area (Å²) in [5.41, 5.74) is 3.27. The number of nitrogen functional groups attached to an aromatic ring is 1. The lowest BCUT2D eigenvalue weighted by Crippen LogP contribution is -2.47. The van der Waals surface area contributed by atoms with Gasteiger partial charge in [0.05, 0.1) is 24.9 Å². The molecule has 0 bridgehead atoms. The topological polar surface area (TPSA) is 198 Å². The number of aliphatic hydroxyl groups excluding tert-OH is 1. The fourth-order valence-corrected chi connectivity index (χ4v) is 8.72. The summed E-state index contributed by atoms with van der Waals surface area (Å²) in [6.45, 7) is 3.46. The second kappa shape index (κ2) is 21.2. The largest absolute Gasteiger partial charge is 0.472 e. The summed E-state index contributed by atoms with van der Waals surface area (Å²) < 4.78 is 37.3. The van der Waals surface area contributed by atoms with Gasteiger partial charge in [0.15, 0.2) is 11.4 Å². The summed E-state index contributed by atoms with van der Waals surface area (Å²) in [5, 5.41) is 36.9. The maximum absolute atomic E-state index is 13.2. The van der Waals surface area contributed by atoms with Gasteiger partial charge in [0.1, 0.15) is 36.2 Å². The number of aliphatic hydroxyl groups is 2. The van der Waals surface area contributed by atoms with Crippen molar-refractivity contribution in [2.75, 3.05) is 32.6 Å². The number of phosphoric ester groups is 1. The Hall–Kier alpha value is -2.96. The Kier molecular flexibility index (Phi) is 16.7. The van der Waals surface area contributed by atoms with Crippen molar-refractivity contribution >= 4 is 19.2 Å². The number of hydrogen-bond acceptors (Lipinski definition) is 12. The van der Waals surface area contributed by atoms with Crippen molar-refractivity contribution in [3.05, 3.63) is 60.0 Å². The van der Waals surface area contributed by atoms with E-state index in [1.807, 2.05) is 48.3 Å². The van der Waals surface area contributed by atoms with Crippen LogP contribution in [-0.4, -0.2) is 91.4 Å². The quantitative estimate of drug-likeness (QED) is 0.0442. The summed E-state index contributed by atoms with van der Waals surface area (Å²) in [7, 11) is -2.88. The number of nitrogens with zero attached hydrogens (tertiary/aromatic N) is 5. The van der Waals surface area contributed by atoms with E-state index < -0.39 is 43.4 Å². The van der Waals surface area contributed by atoms with E-state index in [0.29, 0.717) is 18.7 Å². The van der Waals surface area contributed by atoms with Crippen LogP contribution in [0.5, 0.6) is 0 Å². The van der Waals surface area contributed by atoms with Crippen LogP contribution in [0.25, 0.3) is 5.52 Å². The SMILES string of the molecule is CCCCCCCCCCCCCCCCCCOC[C@H](COP(=O)(O)OC1[C@H]2O[C@@](C#N)(c3ccc4c(N)ncnn34)[C@H](O)[C@@]12O)N(C)Cc1ccccc1. The van der Waals surface area contributed by atoms with Crippen LogP contribution >= 0.6 is 7.82 Å². The molecule has 2 aromatic heterocycles. The molecule has 7 atom stereocenters. The molecule has 14 nitrogen and oxygen atoms in total. The molecule has 2 unspecified atom stereocenters. The predicted octanol–water partition coefficient (Wildman–Crippen LogP) is 6.82. The van der Waals surface area contributed by atoms with E-state index in [2.05, 4.69) is 17.0 Å². The van der Waals surface area contributed by atoms with E-state index in [1.165, 1.54) is 107 Å². The van der Waals surface area contributed by atoms with E-state index in [4.69, 9.17) is 24.3 Å². The van der Waals surface area contributed by atoms with Gasteiger partial charge < -0.3 is 30.3 Å². The summed E-state index contributed by atoms with van der Waals surface area (Å²) >= 11 is 0. The lowest BCUT2D eigenvalue weighted by atomic mass is 9.90. The van der Waals surface area contributed by atoms with E-state index >= 15 is 0 Å². The van der Waals surface area contributed by atoms with Gasteiger partial charge in [-0.1, -0.05) is 134 Å². The molecule has 310 valence electrons. The Balaban J connectivity index is 1.03. The Morgan fingerprint density at radius 1 is 0.964 bits per heavy atom. The van der Waals surface area contributed by atoms with Gasteiger partial charge in [0.2, 0.25) is 5.60 Å². The molecule has 1 aliphatic heterocycles. The molecular formula is C41H63N6O8P. The van der Waals surface area contributed by atoms with Gasteiger partial charge in [0.25, 0.3) is 0 Å². The molecule has 5 rings (SSSR count). The molecule has 0 radical (unpaired) electrons. The third-order valence-electron chi connectivity index (χ3n) is 11.3. The monoisotopic (exact) mass is 798 g/mol. The van der Waals surface area contributed by atoms with Crippen LogP contribution in [0.4, 0.5) is 5.82 Å². The number of likely N-dealkylation sites (N-methyl/N-ethyl adjacent to an activating group) is 1. The molecule has 15 heteroatoms. The highest BCUT2D eigenvalue weighted by molar-refractivity contribution is 7.47. The molecule has 1 aromatic carbocycles. The van der Waals surface area contributed by atoms with Crippen molar-refractivity contribution in [2.24, 2.45) is 0 Å².